The number of nitrogens with zero attached hydrogens (tertiary/aromatic N) is 1. The minimum Gasteiger partial charge on any atom is -0.478 e. The first-order valence-corrected chi connectivity index (χ1v) is 6.07. The summed E-state index contributed by atoms with van der Waals surface area (Å²) in [5.41, 5.74) is -0.230. The molecule has 2 aromatic rings. The number of benzene rings is 1. The summed E-state index contributed by atoms with van der Waals surface area (Å²) >= 11 is 17.7. The lowest BCUT2D eigenvalue weighted by atomic mass is 10.0. The number of pyridine rings is 1. The molecule has 0 atom stereocenters. The van der Waals surface area contributed by atoms with Crippen molar-refractivity contribution in [1.82, 2.24) is 4.98 Å². The molecule has 98 valence electrons. The van der Waals surface area contributed by atoms with Crippen molar-refractivity contribution in [1.29, 1.82) is 0 Å². The topological polar surface area (TPSA) is 50.2 Å². The molecule has 1 aromatic heterocycles. The fourth-order valence-corrected chi connectivity index (χ4v) is 2.23. The van der Waals surface area contributed by atoms with E-state index in [1.165, 1.54) is 18.3 Å². The zero-order valence-corrected chi connectivity index (χ0v) is 11.4. The molecule has 0 unspecified atom stereocenters. The maximum atomic E-state index is 13.6. The number of halogens is 4. The normalized spacial score (nSPS) is 10.5. The number of hydrogen-bond donors (Lipinski definition) is 1. The number of carboxylic acids is 1. The number of aromatic nitrogens is 1. The molecule has 0 amide bonds. The fourth-order valence-electron chi connectivity index (χ4n) is 1.59. The SMILES string of the molecule is O=C(O)c1c(F)cncc1-c1ccc(Cl)c(Cl)c1Cl. The van der Waals surface area contributed by atoms with E-state index < -0.39 is 17.3 Å². The van der Waals surface area contributed by atoms with Crippen LogP contribution in [0, 0.1) is 5.82 Å². The summed E-state index contributed by atoms with van der Waals surface area (Å²) in [6.45, 7) is 0. The van der Waals surface area contributed by atoms with Crippen molar-refractivity contribution in [2.45, 2.75) is 0 Å². The van der Waals surface area contributed by atoms with Gasteiger partial charge in [-0.15, -0.1) is 0 Å². The van der Waals surface area contributed by atoms with Gasteiger partial charge in [-0.2, -0.15) is 0 Å². The van der Waals surface area contributed by atoms with Crippen LogP contribution in [-0.2, 0) is 0 Å². The van der Waals surface area contributed by atoms with E-state index in [4.69, 9.17) is 39.9 Å². The molecule has 0 saturated carbocycles. The van der Waals surface area contributed by atoms with Gasteiger partial charge in [0.05, 0.1) is 21.3 Å². The molecule has 1 N–H and O–H groups in total. The Balaban J connectivity index is 2.77. The summed E-state index contributed by atoms with van der Waals surface area (Å²) < 4.78 is 13.6. The minimum atomic E-state index is -1.42. The summed E-state index contributed by atoms with van der Waals surface area (Å²) in [6, 6.07) is 2.90. The Labute approximate surface area is 122 Å². The number of carboxylic acid groups (broad SMARTS) is 1. The van der Waals surface area contributed by atoms with Gasteiger partial charge in [-0.25, -0.2) is 9.18 Å². The summed E-state index contributed by atoms with van der Waals surface area (Å²) in [6.07, 6.45) is 2.02. The lowest BCUT2D eigenvalue weighted by Crippen LogP contribution is -2.04. The molecule has 19 heavy (non-hydrogen) atoms. The van der Waals surface area contributed by atoms with Crippen LogP contribution in [0.15, 0.2) is 24.5 Å². The van der Waals surface area contributed by atoms with Gasteiger partial charge in [0.15, 0.2) is 5.82 Å². The van der Waals surface area contributed by atoms with Crippen LogP contribution in [0.1, 0.15) is 10.4 Å². The van der Waals surface area contributed by atoms with Gasteiger partial charge in [0.25, 0.3) is 0 Å². The highest BCUT2D eigenvalue weighted by atomic mass is 35.5. The van der Waals surface area contributed by atoms with Crippen molar-refractivity contribution in [3.63, 3.8) is 0 Å². The third kappa shape index (κ3) is 2.52. The Bertz CT molecular complexity index is 676. The smallest absolute Gasteiger partial charge is 0.339 e. The fraction of sp³-hybridized carbons (Fsp3) is 0. The predicted molar refractivity (Wildman–Crippen MR) is 71.6 cm³/mol. The van der Waals surface area contributed by atoms with Gasteiger partial charge in [0.2, 0.25) is 0 Å². The van der Waals surface area contributed by atoms with E-state index in [0.717, 1.165) is 6.20 Å². The van der Waals surface area contributed by atoms with Gasteiger partial charge in [-0.1, -0.05) is 40.9 Å². The second-order valence-electron chi connectivity index (χ2n) is 3.57. The van der Waals surface area contributed by atoms with Gasteiger partial charge >= 0.3 is 5.97 Å². The lowest BCUT2D eigenvalue weighted by molar-refractivity contribution is 0.0692. The van der Waals surface area contributed by atoms with Crippen molar-refractivity contribution in [2.75, 3.05) is 0 Å². The molecule has 3 nitrogen and oxygen atoms in total. The van der Waals surface area contributed by atoms with Crippen molar-refractivity contribution in [3.05, 3.63) is 51.0 Å². The average Bonchev–Trinajstić information content (AvgIpc) is 2.35. The van der Waals surface area contributed by atoms with Crippen LogP contribution >= 0.6 is 34.8 Å². The van der Waals surface area contributed by atoms with Crippen LogP contribution in [0.2, 0.25) is 15.1 Å². The first-order valence-electron chi connectivity index (χ1n) is 4.94. The van der Waals surface area contributed by atoms with Crippen LogP contribution in [-0.4, -0.2) is 16.1 Å². The first kappa shape index (κ1) is 14.1. The van der Waals surface area contributed by atoms with Crippen molar-refractivity contribution in [3.8, 4) is 11.1 Å². The van der Waals surface area contributed by atoms with Crippen LogP contribution in [0.5, 0.6) is 0 Å². The van der Waals surface area contributed by atoms with Crippen molar-refractivity contribution < 1.29 is 14.3 Å². The molecular weight excluding hydrogens is 315 g/mol. The molecule has 0 saturated heterocycles. The third-order valence-electron chi connectivity index (χ3n) is 2.44. The van der Waals surface area contributed by atoms with Crippen LogP contribution < -0.4 is 0 Å². The molecule has 1 heterocycles. The summed E-state index contributed by atoms with van der Waals surface area (Å²) in [5, 5.41) is 9.39. The van der Waals surface area contributed by atoms with Gasteiger partial charge < -0.3 is 5.11 Å². The van der Waals surface area contributed by atoms with E-state index in [-0.39, 0.29) is 26.2 Å². The highest BCUT2D eigenvalue weighted by molar-refractivity contribution is 6.49. The number of hydrogen-bond acceptors (Lipinski definition) is 2. The van der Waals surface area contributed by atoms with Crippen LogP contribution in [0.3, 0.4) is 0 Å². The molecule has 0 aliphatic carbocycles. The summed E-state index contributed by atoms with van der Waals surface area (Å²) in [4.78, 5) is 14.7. The van der Waals surface area contributed by atoms with Crippen LogP contribution in [0.25, 0.3) is 11.1 Å². The van der Waals surface area contributed by atoms with E-state index in [0.29, 0.717) is 0 Å². The van der Waals surface area contributed by atoms with Crippen LogP contribution in [0.4, 0.5) is 4.39 Å². The van der Waals surface area contributed by atoms with Crippen molar-refractivity contribution >= 4 is 40.8 Å². The second-order valence-corrected chi connectivity index (χ2v) is 4.74. The standard InChI is InChI=1S/C12H5Cl3FNO2/c13-7-2-1-5(10(14)11(7)15)6-3-17-4-8(16)9(6)12(18)19/h1-4H,(H,18,19). The molecule has 0 radical (unpaired) electrons. The highest BCUT2D eigenvalue weighted by Crippen LogP contribution is 2.39. The molecule has 7 heteroatoms. The molecular formula is C12H5Cl3FNO2. The van der Waals surface area contributed by atoms with E-state index in [1.807, 2.05) is 0 Å². The number of rotatable bonds is 2. The Morgan fingerprint density at radius 1 is 1.11 bits per heavy atom. The molecule has 0 bridgehead atoms. The largest absolute Gasteiger partial charge is 0.478 e. The quantitative estimate of drug-likeness (QED) is 0.826. The first-order chi connectivity index (χ1) is 8.93. The highest BCUT2D eigenvalue weighted by Gasteiger charge is 2.20. The Kier molecular flexibility index (Phi) is 3.94. The number of aromatic carboxylic acids is 1. The predicted octanol–water partition coefficient (Wildman–Crippen LogP) is 4.55. The molecule has 1 aromatic carbocycles. The van der Waals surface area contributed by atoms with Gasteiger partial charge in [0.1, 0.15) is 5.56 Å². The lowest BCUT2D eigenvalue weighted by Gasteiger charge is -2.10. The molecule has 0 aliphatic heterocycles. The van der Waals surface area contributed by atoms with E-state index in [2.05, 4.69) is 4.98 Å². The molecule has 0 spiro atoms. The van der Waals surface area contributed by atoms with E-state index in [9.17, 15) is 9.18 Å². The molecule has 2 rings (SSSR count). The monoisotopic (exact) mass is 319 g/mol. The summed E-state index contributed by atoms with van der Waals surface area (Å²) in [7, 11) is 0. The summed E-state index contributed by atoms with van der Waals surface area (Å²) in [5.74, 6) is -2.37. The second kappa shape index (κ2) is 5.33. The van der Waals surface area contributed by atoms with Gasteiger partial charge in [0, 0.05) is 17.3 Å². The average molecular weight is 321 g/mol. The zero-order chi connectivity index (χ0) is 14.2. The minimum absolute atomic E-state index is 0.0380. The zero-order valence-electron chi connectivity index (χ0n) is 9.12. The third-order valence-corrected chi connectivity index (χ3v) is 3.73. The number of carbonyl (C=O) groups is 1. The van der Waals surface area contributed by atoms with Crippen molar-refractivity contribution in [2.24, 2.45) is 0 Å². The van der Waals surface area contributed by atoms with E-state index in [1.54, 1.807) is 0 Å². The Morgan fingerprint density at radius 3 is 2.42 bits per heavy atom. The maximum absolute atomic E-state index is 13.6. The molecule has 0 aliphatic rings. The Morgan fingerprint density at radius 2 is 1.79 bits per heavy atom. The maximum Gasteiger partial charge on any atom is 0.339 e. The van der Waals surface area contributed by atoms with Gasteiger partial charge in [-0.05, 0) is 6.07 Å². The van der Waals surface area contributed by atoms with Gasteiger partial charge in [-0.3, -0.25) is 4.98 Å². The Hall–Kier alpha value is -1.36. The molecule has 0 fully saturated rings. The van der Waals surface area contributed by atoms with E-state index >= 15 is 0 Å².